The van der Waals surface area contributed by atoms with Crippen LogP contribution in [-0.2, 0) is 6.61 Å². The van der Waals surface area contributed by atoms with Crippen molar-refractivity contribution in [3.63, 3.8) is 0 Å². The monoisotopic (exact) mass is 276 g/mol. The number of para-hydroxylation sites is 1. The Kier molecular flexibility index (Phi) is 4.18. The van der Waals surface area contributed by atoms with E-state index in [4.69, 9.17) is 16.4 Å². The van der Waals surface area contributed by atoms with Gasteiger partial charge in [-0.3, -0.25) is 5.01 Å². The number of hydrogen-bond donors (Lipinski definition) is 3. The van der Waals surface area contributed by atoms with Gasteiger partial charge in [-0.2, -0.15) is 5.10 Å². The van der Waals surface area contributed by atoms with Gasteiger partial charge in [-0.25, -0.2) is 26.6 Å². The summed E-state index contributed by atoms with van der Waals surface area (Å²) in [4.78, 5) is 11.8. The number of benzene rings is 1. The molecule has 1 heterocycles. The number of nitrogens with two attached hydrogens (primary N) is 2. The summed E-state index contributed by atoms with van der Waals surface area (Å²) in [6, 6.07) is 8.31. The maximum Gasteiger partial charge on any atom is 0.352 e. The number of aromatic amines is 1. The third kappa shape index (κ3) is 3.05. The highest BCUT2D eigenvalue weighted by molar-refractivity contribution is 5.91. The minimum absolute atomic E-state index is 0.244. The molecule has 8 heteroatoms. The van der Waals surface area contributed by atoms with Crippen molar-refractivity contribution in [2.24, 2.45) is 11.7 Å². The summed E-state index contributed by atoms with van der Waals surface area (Å²) >= 11 is 0. The van der Waals surface area contributed by atoms with Crippen molar-refractivity contribution in [2.45, 2.75) is 6.61 Å². The number of hydrazine groups is 2. The molecule has 2 aromatic rings. The normalized spacial score (nSPS) is 10.2. The molecule has 0 unspecified atom stereocenters. The zero-order valence-corrected chi connectivity index (χ0v) is 11.0. The van der Waals surface area contributed by atoms with Crippen LogP contribution in [0.3, 0.4) is 0 Å². The Balaban J connectivity index is 2.15. The van der Waals surface area contributed by atoms with E-state index in [1.807, 2.05) is 12.1 Å². The summed E-state index contributed by atoms with van der Waals surface area (Å²) in [6.45, 7) is 0.244. The third-order valence-electron chi connectivity index (χ3n) is 2.62. The number of amides is 2. The van der Waals surface area contributed by atoms with Crippen molar-refractivity contribution in [1.82, 2.24) is 15.2 Å². The van der Waals surface area contributed by atoms with Crippen LogP contribution in [0.4, 0.5) is 10.5 Å². The number of urea groups is 1. The summed E-state index contributed by atoms with van der Waals surface area (Å²) in [5.41, 5.74) is 1.27. The molecule has 0 saturated heterocycles. The molecule has 0 bridgehead atoms. The molecule has 5 N–H and O–H groups in total. The molecular formula is C12H16N6O2. The third-order valence-corrected chi connectivity index (χ3v) is 2.62. The number of aromatic nitrogens is 2. The zero-order valence-electron chi connectivity index (χ0n) is 11.0. The second-order valence-electron chi connectivity index (χ2n) is 4.10. The minimum Gasteiger partial charge on any atom is -0.473 e. The van der Waals surface area contributed by atoms with E-state index in [1.54, 1.807) is 24.4 Å². The molecule has 1 aromatic carbocycles. The van der Waals surface area contributed by atoms with Gasteiger partial charge >= 0.3 is 6.03 Å². The lowest BCUT2D eigenvalue weighted by atomic mass is 10.2. The van der Waals surface area contributed by atoms with Crippen LogP contribution in [0.5, 0.6) is 5.88 Å². The molecule has 106 valence electrons. The van der Waals surface area contributed by atoms with E-state index < -0.39 is 6.03 Å². The van der Waals surface area contributed by atoms with Gasteiger partial charge in [0.15, 0.2) is 0 Å². The SMILES string of the molecule is CN(N)C(=O)N(N)c1ccccc1COc1ccn[nH]1. The van der Waals surface area contributed by atoms with Crippen LogP contribution in [0.1, 0.15) is 5.56 Å². The molecule has 1 aromatic heterocycles. The number of rotatable bonds is 4. The smallest absolute Gasteiger partial charge is 0.352 e. The van der Waals surface area contributed by atoms with Gasteiger partial charge < -0.3 is 4.74 Å². The summed E-state index contributed by atoms with van der Waals surface area (Å²) in [5.74, 6) is 11.7. The molecule has 2 rings (SSSR count). The van der Waals surface area contributed by atoms with Gasteiger partial charge in [-0.15, -0.1) is 0 Å². The largest absolute Gasteiger partial charge is 0.473 e. The number of carbonyl (C=O) groups is 1. The van der Waals surface area contributed by atoms with Crippen LogP contribution in [0.2, 0.25) is 0 Å². The first-order chi connectivity index (χ1) is 9.59. The fraction of sp³-hybridized carbons (Fsp3) is 0.167. The second kappa shape index (κ2) is 6.04. The quantitative estimate of drug-likeness (QED) is 0.430. The zero-order chi connectivity index (χ0) is 14.5. The van der Waals surface area contributed by atoms with Crippen molar-refractivity contribution >= 4 is 11.7 Å². The standard InChI is InChI=1S/C12H16N6O2/c1-17(13)12(19)18(14)10-5-3-2-4-9(10)8-20-11-6-7-15-16-11/h2-7H,8,13-14H2,1H3,(H,15,16). The molecule has 0 saturated carbocycles. The molecule has 0 aliphatic rings. The molecule has 8 nitrogen and oxygen atoms in total. The van der Waals surface area contributed by atoms with E-state index in [0.29, 0.717) is 11.6 Å². The number of nitrogens with one attached hydrogen (secondary N) is 1. The van der Waals surface area contributed by atoms with Crippen LogP contribution in [0.15, 0.2) is 36.5 Å². The van der Waals surface area contributed by atoms with E-state index in [2.05, 4.69) is 10.2 Å². The number of ether oxygens (including phenoxy) is 1. The second-order valence-corrected chi connectivity index (χ2v) is 4.10. The predicted molar refractivity (Wildman–Crippen MR) is 73.4 cm³/mol. The number of anilines is 1. The Morgan fingerprint density at radius 3 is 2.75 bits per heavy atom. The minimum atomic E-state index is -0.529. The van der Waals surface area contributed by atoms with Crippen LogP contribution in [0, 0.1) is 0 Å². The van der Waals surface area contributed by atoms with E-state index in [1.165, 1.54) is 7.05 Å². The summed E-state index contributed by atoms with van der Waals surface area (Å²) in [7, 11) is 1.42. The Morgan fingerprint density at radius 2 is 2.10 bits per heavy atom. The highest BCUT2D eigenvalue weighted by Crippen LogP contribution is 2.20. The first-order valence-corrected chi connectivity index (χ1v) is 5.87. The van der Waals surface area contributed by atoms with E-state index in [0.717, 1.165) is 15.6 Å². The van der Waals surface area contributed by atoms with Gasteiger partial charge in [0.1, 0.15) is 6.61 Å². The molecule has 2 amide bonds. The number of H-pyrrole nitrogens is 1. The first kappa shape index (κ1) is 13.8. The van der Waals surface area contributed by atoms with Crippen molar-refractivity contribution in [1.29, 1.82) is 0 Å². The van der Waals surface area contributed by atoms with Crippen molar-refractivity contribution in [3.05, 3.63) is 42.1 Å². The lowest BCUT2D eigenvalue weighted by molar-refractivity contribution is 0.216. The highest BCUT2D eigenvalue weighted by atomic mass is 16.5. The summed E-state index contributed by atoms with van der Waals surface area (Å²) in [6.07, 6.45) is 1.59. The van der Waals surface area contributed by atoms with Crippen LogP contribution < -0.4 is 21.4 Å². The van der Waals surface area contributed by atoms with Crippen LogP contribution in [-0.4, -0.2) is 28.3 Å². The van der Waals surface area contributed by atoms with Gasteiger partial charge in [-0.05, 0) is 6.07 Å². The van der Waals surface area contributed by atoms with Crippen LogP contribution >= 0.6 is 0 Å². The molecule has 0 radical (unpaired) electrons. The van der Waals surface area contributed by atoms with Gasteiger partial charge in [0.05, 0.1) is 11.9 Å². The van der Waals surface area contributed by atoms with Gasteiger partial charge in [0, 0.05) is 18.7 Å². The predicted octanol–water partition coefficient (Wildman–Crippen LogP) is 0.594. The van der Waals surface area contributed by atoms with Crippen LogP contribution in [0.25, 0.3) is 0 Å². The first-order valence-electron chi connectivity index (χ1n) is 5.87. The maximum absolute atomic E-state index is 11.8. The fourth-order valence-corrected chi connectivity index (χ4v) is 1.62. The number of carbonyl (C=O) groups excluding carboxylic acids is 1. The average molecular weight is 276 g/mol. The Hall–Kier alpha value is -2.58. The van der Waals surface area contributed by atoms with Crippen molar-refractivity contribution < 1.29 is 9.53 Å². The maximum atomic E-state index is 11.8. The molecule has 0 spiro atoms. The van der Waals surface area contributed by atoms with E-state index in [-0.39, 0.29) is 6.61 Å². The molecule has 0 aliphatic heterocycles. The van der Waals surface area contributed by atoms with E-state index in [9.17, 15) is 4.79 Å². The van der Waals surface area contributed by atoms with E-state index >= 15 is 0 Å². The summed E-state index contributed by atoms with van der Waals surface area (Å²) < 4.78 is 5.51. The van der Waals surface area contributed by atoms with Gasteiger partial charge in [0.25, 0.3) is 0 Å². The topological polar surface area (TPSA) is 114 Å². The summed E-state index contributed by atoms with van der Waals surface area (Å²) in [5, 5.41) is 8.35. The Bertz CT molecular complexity index is 569. The molecule has 20 heavy (non-hydrogen) atoms. The Morgan fingerprint density at radius 1 is 1.35 bits per heavy atom. The number of hydrogen-bond acceptors (Lipinski definition) is 5. The van der Waals surface area contributed by atoms with Crippen molar-refractivity contribution in [3.8, 4) is 5.88 Å². The van der Waals surface area contributed by atoms with Gasteiger partial charge in [0.2, 0.25) is 5.88 Å². The van der Waals surface area contributed by atoms with Gasteiger partial charge in [-0.1, -0.05) is 18.2 Å². The lowest BCUT2D eigenvalue weighted by Gasteiger charge is -2.22. The fourth-order valence-electron chi connectivity index (χ4n) is 1.62. The highest BCUT2D eigenvalue weighted by Gasteiger charge is 2.17. The average Bonchev–Trinajstić information content (AvgIpc) is 2.97. The molecule has 0 atom stereocenters. The van der Waals surface area contributed by atoms with Crippen molar-refractivity contribution in [2.75, 3.05) is 12.1 Å². The molecular weight excluding hydrogens is 260 g/mol. The molecule has 0 fully saturated rings. The number of nitrogens with zero attached hydrogens (tertiary/aromatic N) is 3. The molecule has 0 aliphatic carbocycles. The Labute approximate surface area is 115 Å². The lowest BCUT2D eigenvalue weighted by Crippen LogP contribution is -2.49.